The third-order valence-corrected chi connectivity index (χ3v) is 3.02. The van der Waals surface area contributed by atoms with Crippen LogP contribution in [0.1, 0.15) is 16.8 Å². The molecule has 3 nitrogen and oxygen atoms in total. The summed E-state index contributed by atoms with van der Waals surface area (Å²) in [5, 5.41) is 9.27. The van der Waals surface area contributed by atoms with E-state index < -0.39 is 0 Å². The van der Waals surface area contributed by atoms with Gasteiger partial charge in [0.15, 0.2) is 0 Å². The first-order valence-electron chi connectivity index (χ1n) is 5.62. The number of rotatable bonds is 4. The molecule has 0 amide bonds. The Morgan fingerprint density at radius 2 is 2.11 bits per heavy atom. The van der Waals surface area contributed by atoms with Gasteiger partial charge in [-0.3, -0.25) is 4.98 Å². The van der Waals surface area contributed by atoms with Gasteiger partial charge in [-0.25, -0.2) is 0 Å². The number of aliphatic hydroxyl groups excluding tert-OH is 1. The van der Waals surface area contributed by atoms with E-state index in [1.165, 1.54) is 0 Å². The highest BCUT2D eigenvalue weighted by molar-refractivity contribution is 9.10. The largest absolute Gasteiger partial charge is 0.487 e. The first-order chi connectivity index (χ1) is 8.69. The highest BCUT2D eigenvalue weighted by Crippen LogP contribution is 2.21. The molecule has 1 aromatic heterocycles. The molecule has 2 aromatic rings. The van der Waals surface area contributed by atoms with Gasteiger partial charge in [-0.2, -0.15) is 0 Å². The lowest BCUT2D eigenvalue weighted by Crippen LogP contribution is -2.00. The Bertz CT molecular complexity index is 526. The van der Waals surface area contributed by atoms with Crippen molar-refractivity contribution in [1.82, 2.24) is 4.98 Å². The molecule has 1 heterocycles. The normalized spacial score (nSPS) is 10.4. The highest BCUT2D eigenvalue weighted by Gasteiger charge is 2.04. The Morgan fingerprint density at radius 1 is 1.28 bits per heavy atom. The first kappa shape index (κ1) is 13.1. The monoisotopic (exact) mass is 307 g/mol. The summed E-state index contributed by atoms with van der Waals surface area (Å²) in [5.41, 5.74) is 2.75. The van der Waals surface area contributed by atoms with Crippen molar-refractivity contribution in [2.75, 3.05) is 0 Å². The predicted molar refractivity (Wildman–Crippen MR) is 73.4 cm³/mol. The molecule has 0 bridgehead atoms. The van der Waals surface area contributed by atoms with Gasteiger partial charge in [-0.15, -0.1) is 0 Å². The van der Waals surface area contributed by atoms with Crippen LogP contribution in [-0.2, 0) is 13.2 Å². The quantitative estimate of drug-likeness (QED) is 0.943. The first-order valence-corrected chi connectivity index (χ1v) is 6.42. The third kappa shape index (κ3) is 3.31. The second-order valence-corrected chi connectivity index (χ2v) is 4.94. The van der Waals surface area contributed by atoms with Crippen molar-refractivity contribution < 1.29 is 9.84 Å². The van der Waals surface area contributed by atoms with Crippen molar-refractivity contribution >= 4 is 15.9 Å². The number of ether oxygens (including phenoxy) is 1. The standard InChI is InChI=1S/C14H14BrNO2/c1-10-2-5-14(11(6-10)8-17)18-9-13-4-3-12(15)7-16-13/h2-7,17H,8-9H2,1H3. The Balaban J connectivity index is 2.08. The summed E-state index contributed by atoms with van der Waals surface area (Å²) >= 11 is 3.34. The van der Waals surface area contributed by atoms with Crippen LogP contribution in [0.5, 0.6) is 5.75 Å². The fraction of sp³-hybridized carbons (Fsp3) is 0.214. The van der Waals surface area contributed by atoms with E-state index in [9.17, 15) is 5.11 Å². The fourth-order valence-corrected chi connectivity index (χ4v) is 1.85. The van der Waals surface area contributed by atoms with Crippen LogP contribution in [0, 0.1) is 6.92 Å². The summed E-state index contributed by atoms with van der Waals surface area (Å²) in [4.78, 5) is 4.23. The predicted octanol–water partition coefficient (Wildman–Crippen LogP) is 3.22. The van der Waals surface area contributed by atoms with Gasteiger partial charge in [0.2, 0.25) is 0 Å². The molecule has 0 saturated heterocycles. The van der Waals surface area contributed by atoms with Crippen molar-refractivity contribution in [3.05, 3.63) is 57.8 Å². The van der Waals surface area contributed by atoms with Crippen molar-refractivity contribution in [2.45, 2.75) is 20.1 Å². The number of hydrogen-bond donors (Lipinski definition) is 1. The molecule has 1 aromatic carbocycles. The van der Waals surface area contributed by atoms with Crippen LogP contribution in [0.2, 0.25) is 0 Å². The minimum atomic E-state index is -0.0230. The summed E-state index contributed by atoms with van der Waals surface area (Å²) in [6.07, 6.45) is 1.74. The van der Waals surface area contributed by atoms with Crippen LogP contribution in [-0.4, -0.2) is 10.1 Å². The van der Waals surface area contributed by atoms with E-state index in [0.717, 1.165) is 21.3 Å². The van der Waals surface area contributed by atoms with Crippen LogP contribution < -0.4 is 4.74 Å². The number of halogens is 1. The SMILES string of the molecule is Cc1ccc(OCc2ccc(Br)cn2)c(CO)c1. The Labute approximate surface area is 115 Å². The summed E-state index contributed by atoms with van der Waals surface area (Å²) in [7, 11) is 0. The van der Waals surface area contributed by atoms with E-state index in [0.29, 0.717) is 12.4 Å². The van der Waals surface area contributed by atoms with Crippen molar-refractivity contribution in [1.29, 1.82) is 0 Å². The van der Waals surface area contributed by atoms with Crippen LogP contribution in [0.25, 0.3) is 0 Å². The highest BCUT2D eigenvalue weighted by atomic mass is 79.9. The number of aryl methyl sites for hydroxylation is 1. The Morgan fingerprint density at radius 3 is 2.78 bits per heavy atom. The maximum absolute atomic E-state index is 9.27. The van der Waals surface area contributed by atoms with Crippen molar-refractivity contribution in [2.24, 2.45) is 0 Å². The Hall–Kier alpha value is -1.39. The van der Waals surface area contributed by atoms with Gasteiger partial charge in [-0.05, 0) is 41.1 Å². The number of benzene rings is 1. The van der Waals surface area contributed by atoms with E-state index in [1.807, 2.05) is 37.3 Å². The summed E-state index contributed by atoms with van der Waals surface area (Å²) < 4.78 is 6.61. The lowest BCUT2D eigenvalue weighted by atomic mass is 10.1. The van der Waals surface area contributed by atoms with Crippen LogP contribution in [0.3, 0.4) is 0 Å². The molecule has 94 valence electrons. The maximum Gasteiger partial charge on any atom is 0.130 e. The summed E-state index contributed by atoms with van der Waals surface area (Å²) in [5.74, 6) is 0.702. The van der Waals surface area contributed by atoms with Gasteiger partial charge in [0.25, 0.3) is 0 Å². The molecule has 0 unspecified atom stereocenters. The lowest BCUT2D eigenvalue weighted by Gasteiger charge is -2.10. The minimum absolute atomic E-state index is 0.0230. The van der Waals surface area contributed by atoms with Gasteiger partial charge in [0, 0.05) is 16.2 Å². The average molecular weight is 308 g/mol. The molecular formula is C14H14BrNO2. The maximum atomic E-state index is 9.27. The average Bonchev–Trinajstić information content (AvgIpc) is 2.39. The summed E-state index contributed by atoms with van der Waals surface area (Å²) in [6, 6.07) is 9.58. The number of nitrogens with zero attached hydrogens (tertiary/aromatic N) is 1. The smallest absolute Gasteiger partial charge is 0.130 e. The Kier molecular flexibility index (Phi) is 4.33. The van der Waals surface area contributed by atoms with Crippen LogP contribution in [0.15, 0.2) is 41.0 Å². The zero-order chi connectivity index (χ0) is 13.0. The molecule has 0 fully saturated rings. The molecule has 0 aliphatic heterocycles. The number of pyridine rings is 1. The molecule has 0 atom stereocenters. The van der Waals surface area contributed by atoms with Crippen molar-refractivity contribution in [3.8, 4) is 5.75 Å². The van der Waals surface area contributed by atoms with Gasteiger partial charge in [-0.1, -0.05) is 17.7 Å². The van der Waals surface area contributed by atoms with Gasteiger partial charge in [0.05, 0.1) is 12.3 Å². The van der Waals surface area contributed by atoms with Gasteiger partial charge >= 0.3 is 0 Å². The third-order valence-electron chi connectivity index (χ3n) is 2.55. The van der Waals surface area contributed by atoms with Gasteiger partial charge in [0.1, 0.15) is 12.4 Å². The topological polar surface area (TPSA) is 42.4 Å². The second-order valence-electron chi connectivity index (χ2n) is 4.03. The molecule has 2 rings (SSSR count). The van der Waals surface area contributed by atoms with E-state index in [1.54, 1.807) is 6.20 Å². The zero-order valence-electron chi connectivity index (χ0n) is 10.1. The number of aromatic nitrogens is 1. The van der Waals surface area contributed by atoms with Gasteiger partial charge < -0.3 is 9.84 Å². The fourth-order valence-electron chi connectivity index (χ4n) is 1.62. The molecule has 0 aliphatic carbocycles. The molecule has 0 saturated carbocycles. The number of hydrogen-bond acceptors (Lipinski definition) is 3. The molecule has 0 aliphatic rings. The molecular weight excluding hydrogens is 294 g/mol. The minimum Gasteiger partial charge on any atom is -0.487 e. The number of aliphatic hydroxyl groups is 1. The molecule has 18 heavy (non-hydrogen) atoms. The lowest BCUT2D eigenvalue weighted by molar-refractivity contribution is 0.257. The molecule has 0 spiro atoms. The van der Waals surface area contributed by atoms with E-state index >= 15 is 0 Å². The zero-order valence-corrected chi connectivity index (χ0v) is 11.6. The van der Waals surface area contributed by atoms with Crippen molar-refractivity contribution in [3.63, 3.8) is 0 Å². The summed E-state index contributed by atoms with van der Waals surface area (Å²) in [6.45, 7) is 2.35. The van der Waals surface area contributed by atoms with Crippen LogP contribution in [0.4, 0.5) is 0 Å². The molecule has 0 radical (unpaired) electrons. The van der Waals surface area contributed by atoms with E-state index in [4.69, 9.17) is 4.74 Å². The molecule has 1 N–H and O–H groups in total. The van der Waals surface area contributed by atoms with E-state index in [-0.39, 0.29) is 6.61 Å². The second kappa shape index (κ2) is 5.98. The molecule has 4 heteroatoms. The van der Waals surface area contributed by atoms with E-state index in [2.05, 4.69) is 20.9 Å². The van der Waals surface area contributed by atoms with Crippen LogP contribution >= 0.6 is 15.9 Å².